The van der Waals surface area contributed by atoms with Gasteiger partial charge in [0.05, 0.1) is 18.0 Å². The van der Waals surface area contributed by atoms with Crippen molar-refractivity contribution in [1.82, 2.24) is 9.97 Å². The van der Waals surface area contributed by atoms with E-state index in [1.165, 1.54) is 12.1 Å². The molecule has 2 aromatic carbocycles. The van der Waals surface area contributed by atoms with Crippen molar-refractivity contribution in [2.45, 2.75) is 12.5 Å². The first-order valence-corrected chi connectivity index (χ1v) is 8.72. The van der Waals surface area contributed by atoms with E-state index in [4.69, 9.17) is 0 Å². The molecular weight excluding hydrogens is 466 g/mol. The lowest BCUT2D eigenvalue weighted by molar-refractivity contribution is -0.274. The summed E-state index contributed by atoms with van der Waals surface area (Å²) in [5, 5.41) is 6.08. The Labute approximate surface area is 179 Å². The zero-order valence-electron chi connectivity index (χ0n) is 16.0. The lowest BCUT2D eigenvalue weighted by Gasteiger charge is -2.11. The van der Waals surface area contributed by atoms with Crippen molar-refractivity contribution in [2.24, 2.45) is 5.10 Å². The molecule has 6 nitrogen and oxygen atoms in total. The molecule has 33 heavy (non-hydrogen) atoms. The van der Waals surface area contributed by atoms with Crippen LogP contribution in [0.25, 0.3) is 0 Å². The molecule has 14 heteroatoms. The molecule has 0 spiro atoms. The lowest BCUT2D eigenvalue weighted by atomic mass is 10.2. The molecule has 174 valence electrons. The Balaban J connectivity index is 1.70. The van der Waals surface area contributed by atoms with Crippen LogP contribution in [0.4, 0.5) is 52.6 Å². The maximum absolute atomic E-state index is 13.9. The molecule has 1 heterocycles. The Morgan fingerprint density at radius 2 is 1.61 bits per heavy atom. The van der Waals surface area contributed by atoms with Crippen molar-refractivity contribution in [3.63, 3.8) is 0 Å². The predicted octanol–water partition coefficient (Wildman–Crippen LogP) is 5.86. The zero-order valence-corrected chi connectivity index (χ0v) is 16.0. The maximum Gasteiger partial charge on any atom is 0.573 e. The lowest BCUT2D eigenvalue weighted by Crippen LogP contribution is -2.17. The molecule has 0 bridgehead atoms. The number of aromatic nitrogens is 2. The number of ether oxygens (including phenoxy) is 1. The smallest absolute Gasteiger partial charge is 0.406 e. The Hall–Kier alpha value is -3.97. The molecule has 0 radical (unpaired) electrons. The van der Waals surface area contributed by atoms with Crippen LogP contribution in [0.3, 0.4) is 0 Å². The number of anilines is 3. The highest BCUT2D eigenvalue weighted by atomic mass is 19.4. The molecule has 0 aliphatic carbocycles. The van der Waals surface area contributed by atoms with Gasteiger partial charge in [-0.25, -0.2) is 13.8 Å². The number of hydrazone groups is 1. The van der Waals surface area contributed by atoms with Gasteiger partial charge in [-0.2, -0.15) is 23.3 Å². The first-order chi connectivity index (χ1) is 15.4. The van der Waals surface area contributed by atoms with Crippen LogP contribution in [-0.2, 0) is 6.18 Å². The molecule has 0 aliphatic heterocycles. The Morgan fingerprint density at radius 3 is 2.24 bits per heavy atom. The summed E-state index contributed by atoms with van der Waals surface area (Å²) in [4.78, 5) is 7.31. The third-order valence-corrected chi connectivity index (χ3v) is 3.77. The number of benzene rings is 2. The summed E-state index contributed by atoms with van der Waals surface area (Å²) in [6.45, 7) is 0. The van der Waals surface area contributed by atoms with Crippen molar-refractivity contribution in [1.29, 1.82) is 0 Å². The summed E-state index contributed by atoms with van der Waals surface area (Å²) in [7, 11) is 0. The normalized spacial score (nSPS) is 12.1. The van der Waals surface area contributed by atoms with Crippen LogP contribution < -0.4 is 15.5 Å². The van der Waals surface area contributed by atoms with E-state index in [2.05, 4.69) is 30.5 Å². The highest BCUT2D eigenvalue weighted by molar-refractivity contribution is 5.80. The highest BCUT2D eigenvalue weighted by Gasteiger charge is 2.34. The van der Waals surface area contributed by atoms with Crippen molar-refractivity contribution in [3.8, 4) is 5.75 Å². The number of halogens is 8. The van der Waals surface area contributed by atoms with Gasteiger partial charge in [-0.1, -0.05) is 0 Å². The average Bonchev–Trinajstić information content (AvgIpc) is 2.71. The molecule has 0 unspecified atom stereocenters. The van der Waals surface area contributed by atoms with Crippen molar-refractivity contribution in [3.05, 3.63) is 71.4 Å². The molecule has 0 amide bonds. The first-order valence-electron chi connectivity index (χ1n) is 8.72. The van der Waals surface area contributed by atoms with Crippen molar-refractivity contribution >= 4 is 23.7 Å². The summed E-state index contributed by atoms with van der Waals surface area (Å²) in [6.07, 6.45) is -7.91. The molecule has 0 atom stereocenters. The molecule has 3 rings (SSSR count). The molecule has 0 aliphatic rings. The van der Waals surface area contributed by atoms with Gasteiger partial charge in [0, 0.05) is 5.69 Å². The first kappa shape index (κ1) is 23.7. The van der Waals surface area contributed by atoms with Gasteiger partial charge < -0.3 is 10.1 Å². The molecule has 0 fully saturated rings. The number of nitrogens with zero attached hydrogens (tertiary/aromatic N) is 3. The topological polar surface area (TPSA) is 71.4 Å². The molecule has 0 saturated carbocycles. The van der Waals surface area contributed by atoms with Crippen molar-refractivity contribution in [2.75, 3.05) is 10.7 Å². The van der Waals surface area contributed by atoms with Gasteiger partial charge in [-0.05, 0) is 48.0 Å². The van der Waals surface area contributed by atoms with Crippen LogP contribution in [0, 0.1) is 11.6 Å². The summed E-state index contributed by atoms with van der Waals surface area (Å²) in [5.41, 5.74) is 0.854. The zero-order chi connectivity index (χ0) is 24.2. The second-order valence-corrected chi connectivity index (χ2v) is 6.19. The van der Waals surface area contributed by atoms with E-state index in [0.717, 1.165) is 24.4 Å². The molecule has 2 N–H and O–H groups in total. The summed E-state index contributed by atoms with van der Waals surface area (Å²) in [5.74, 6) is -3.65. The van der Waals surface area contributed by atoms with Crippen LogP contribution in [0.1, 0.15) is 11.1 Å². The highest BCUT2D eigenvalue weighted by Crippen LogP contribution is 2.33. The van der Waals surface area contributed by atoms with Gasteiger partial charge in [-0.15, -0.1) is 13.2 Å². The van der Waals surface area contributed by atoms with Gasteiger partial charge in [0.1, 0.15) is 11.6 Å². The molecule has 0 saturated heterocycles. The number of alkyl halides is 6. The van der Waals surface area contributed by atoms with E-state index < -0.39 is 41.3 Å². The van der Waals surface area contributed by atoms with Crippen molar-refractivity contribution < 1.29 is 39.9 Å². The largest absolute Gasteiger partial charge is 0.573 e. The van der Waals surface area contributed by atoms with Crippen LogP contribution in [0.15, 0.2) is 53.8 Å². The maximum atomic E-state index is 13.9. The fourth-order valence-electron chi connectivity index (χ4n) is 2.38. The van der Waals surface area contributed by atoms with Gasteiger partial charge in [0.2, 0.25) is 5.95 Å². The summed E-state index contributed by atoms with van der Waals surface area (Å²) >= 11 is 0. The number of rotatable bonds is 6. The van der Waals surface area contributed by atoms with E-state index in [9.17, 15) is 35.1 Å². The fraction of sp³-hybridized carbons (Fsp3) is 0.105. The Bertz CT molecular complexity index is 1150. The second-order valence-electron chi connectivity index (χ2n) is 6.19. The summed E-state index contributed by atoms with van der Waals surface area (Å²) < 4.78 is 106. The monoisotopic (exact) mass is 477 g/mol. The van der Waals surface area contributed by atoms with Gasteiger partial charge in [-0.3, -0.25) is 5.43 Å². The molecule has 3 aromatic rings. The van der Waals surface area contributed by atoms with E-state index in [1.54, 1.807) is 0 Å². The van der Waals surface area contributed by atoms with E-state index in [1.807, 2.05) is 0 Å². The SMILES string of the molecule is Fc1ccc(Nc2ncc(F)c(NN=Cc3ccc(OC(F)(F)F)cc3)n2)cc1C(F)(F)F. The van der Waals surface area contributed by atoms with Gasteiger partial charge >= 0.3 is 12.5 Å². The van der Waals surface area contributed by atoms with Gasteiger partial charge in [0.25, 0.3) is 0 Å². The van der Waals surface area contributed by atoms with E-state index in [-0.39, 0.29) is 11.6 Å². The quantitative estimate of drug-likeness (QED) is 0.264. The third-order valence-electron chi connectivity index (χ3n) is 3.77. The van der Waals surface area contributed by atoms with Crippen LogP contribution >= 0.6 is 0 Å². The van der Waals surface area contributed by atoms with Crippen LogP contribution in [0.2, 0.25) is 0 Å². The van der Waals surface area contributed by atoms with Crippen LogP contribution in [-0.4, -0.2) is 22.5 Å². The minimum Gasteiger partial charge on any atom is -0.406 e. The fourth-order valence-corrected chi connectivity index (χ4v) is 2.38. The molecular formula is C19H11F8N5O. The second kappa shape index (κ2) is 9.26. The minimum absolute atomic E-state index is 0.203. The van der Waals surface area contributed by atoms with Gasteiger partial charge in [0.15, 0.2) is 11.6 Å². The average molecular weight is 477 g/mol. The van der Waals surface area contributed by atoms with E-state index in [0.29, 0.717) is 23.9 Å². The third kappa shape index (κ3) is 6.75. The standard InChI is InChI=1S/C19H11F8N5O/c20-14-6-3-11(7-13(14)18(22,23)24)30-17-28-9-15(21)16(31-17)32-29-8-10-1-4-12(5-2-10)33-19(25,26)27/h1-9H,(H2,28,30,31,32). The van der Waals surface area contributed by atoms with E-state index >= 15 is 0 Å². The number of nitrogens with one attached hydrogen (secondary N) is 2. The Morgan fingerprint density at radius 1 is 0.909 bits per heavy atom. The van der Waals surface area contributed by atoms with Crippen LogP contribution in [0.5, 0.6) is 5.75 Å². The molecule has 1 aromatic heterocycles. The Kier molecular flexibility index (Phi) is 6.65. The number of hydrogen-bond acceptors (Lipinski definition) is 6. The predicted molar refractivity (Wildman–Crippen MR) is 101 cm³/mol. The number of hydrogen-bond donors (Lipinski definition) is 2. The summed E-state index contributed by atoms with van der Waals surface area (Å²) in [6, 6.07) is 6.70. The minimum atomic E-state index is -4.93.